The van der Waals surface area contributed by atoms with Gasteiger partial charge in [-0.1, -0.05) is 19.1 Å². The number of urea groups is 1. The number of hydrogen-bond donors (Lipinski definition) is 2. The first-order valence-corrected chi connectivity index (χ1v) is 11.8. The zero-order chi connectivity index (χ0) is 24.8. The number of imide groups is 1. The van der Waals surface area contributed by atoms with Crippen LogP contribution in [0.4, 0.5) is 10.5 Å². The molecular weight excluding hydrogens is 502 g/mol. The van der Waals surface area contributed by atoms with E-state index in [-0.39, 0.29) is 11.8 Å². The third kappa shape index (κ3) is 6.17. The number of halogens is 1. The second kappa shape index (κ2) is 11.2. The fourth-order valence-corrected chi connectivity index (χ4v) is 3.84. The van der Waals surface area contributed by atoms with Crippen LogP contribution in [0, 0.1) is 6.92 Å². The van der Waals surface area contributed by atoms with Gasteiger partial charge in [-0.15, -0.1) is 0 Å². The van der Waals surface area contributed by atoms with Crippen molar-refractivity contribution >= 4 is 45.5 Å². The summed E-state index contributed by atoms with van der Waals surface area (Å²) in [5.74, 6) is 0.0476. The number of amides is 4. The van der Waals surface area contributed by atoms with E-state index < -0.39 is 24.4 Å². The molecule has 8 nitrogen and oxygen atoms in total. The lowest BCUT2D eigenvalue weighted by atomic mass is 10.1. The molecule has 180 valence electrons. The molecule has 2 aromatic carbocycles. The van der Waals surface area contributed by atoms with Crippen molar-refractivity contribution in [2.24, 2.45) is 0 Å². The molecule has 0 unspecified atom stereocenters. The van der Waals surface area contributed by atoms with Crippen molar-refractivity contribution in [2.75, 3.05) is 18.5 Å². The molecule has 0 radical (unpaired) electrons. The fourth-order valence-electron chi connectivity index (χ4n) is 3.28. The monoisotopic (exact) mass is 529 g/mol. The molecule has 3 rings (SSSR count). The molecule has 1 heterocycles. The highest BCUT2D eigenvalue weighted by Gasteiger charge is 2.35. The van der Waals surface area contributed by atoms with Gasteiger partial charge in [-0.3, -0.25) is 9.59 Å². The molecule has 2 aromatic rings. The SMILES string of the molecule is CCOc1cc(/C=C2/NC(=O)N(CC(=O)Nc3cccc(C)c3)C2=O)cc(Br)c1O[C@H](C)CC. The maximum Gasteiger partial charge on any atom is 0.329 e. The molecule has 0 spiro atoms. The maximum atomic E-state index is 12.8. The van der Waals surface area contributed by atoms with Crippen LogP contribution in [-0.4, -0.2) is 42.0 Å². The molecule has 34 heavy (non-hydrogen) atoms. The van der Waals surface area contributed by atoms with Crippen LogP contribution in [0.15, 0.2) is 46.6 Å². The third-order valence-corrected chi connectivity index (χ3v) is 5.69. The molecule has 0 aliphatic carbocycles. The van der Waals surface area contributed by atoms with Gasteiger partial charge in [0.25, 0.3) is 5.91 Å². The highest BCUT2D eigenvalue weighted by atomic mass is 79.9. The van der Waals surface area contributed by atoms with Crippen molar-refractivity contribution in [3.8, 4) is 11.5 Å². The normalized spacial score (nSPS) is 15.3. The number of carbonyl (C=O) groups excluding carboxylic acids is 3. The summed E-state index contributed by atoms with van der Waals surface area (Å²) in [4.78, 5) is 38.5. The van der Waals surface area contributed by atoms with Crippen LogP contribution in [0.25, 0.3) is 6.08 Å². The number of nitrogens with one attached hydrogen (secondary N) is 2. The topological polar surface area (TPSA) is 97.0 Å². The second-order valence-electron chi connectivity index (χ2n) is 7.90. The van der Waals surface area contributed by atoms with E-state index in [4.69, 9.17) is 9.47 Å². The molecule has 0 bridgehead atoms. The van der Waals surface area contributed by atoms with Crippen molar-refractivity contribution in [3.63, 3.8) is 0 Å². The summed E-state index contributed by atoms with van der Waals surface area (Å²) in [5, 5.41) is 5.24. The van der Waals surface area contributed by atoms with Crippen molar-refractivity contribution in [2.45, 2.75) is 40.2 Å². The average Bonchev–Trinajstić information content (AvgIpc) is 3.03. The van der Waals surface area contributed by atoms with Crippen molar-refractivity contribution in [3.05, 3.63) is 57.7 Å². The van der Waals surface area contributed by atoms with Gasteiger partial charge in [0.15, 0.2) is 11.5 Å². The number of ether oxygens (including phenoxy) is 2. The van der Waals surface area contributed by atoms with Crippen molar-refractivity contribution < 1.29 is 23.9 Å². The number of aryl methyl sites for hydroxylation is 1. The number of benzene rings is 2. The van der Waals surface area contributed by atoms with Crippen LogP contribution in [0.5, 0.6) is 11.5 Å². The van der Waals surface area contributed by atoms with E-state index in [0.29, 0.717) is 33.8 Å². The number of nitrogens with zero attached hydrogens (tertiary/aromatic N) is 1. The first kappa shape index (κ1) is 25.3. The number of carbonyl (C=O) groups is 3. The van der Waals surface area contributed by atoms with Gasteiger partial charge in [-0.2, -0.15) is 0 Å². The minimum absolute atomic E-state index is 0.00471. The van der Waals surface area contributed by atoms with E-state index >= 15 is 0 Å². The average molecular weight is 530 g/mol. The molecule has 1 fully saturated rings. The summed E-state index contributed by atoms with van der Waals surface area (Å²) < 4.78 is 12.4. The van der Waals surface area contributed by atoms with Gasteiger partial charge < -0.3 is 20.1 Å². The largest absolute Gasteiger partial charge is 0.490 e. The highest BCUT2D eigenvalue weighted by molar-refractivity contribution is 9.10. The van der Waals surface area contributed by atoms with Gasteiger partial charge in [0.05, 0.1) is 17.2 Å². The van der Waals surface area contributed by atoms with E-state index in [1.807, 2.05) is 39.8 Å². The highest BCUT2D eigenvalue weighted by Crippen LogP contribution is 2.38. The van der Waals surface area contributed by atoms with E-state index in [1.165, 1.54) is 0 Å². The van der Waals surface area contributed by atoms with E-state index in [1.54, 1.807) is 30.3 Å². The molecule has 1 aliphatic heterocycles. The third-order valence-electron chi connectivity index (χ3n) is 5.10. The van der Waals surface area contributed by atoms with Crippen molar-refractivity contribution in [1.29, 1.82) is 0 Å². The van der Waals surface area contributed by atoms with E-state index in [2.05, 4.69) is 26.6 Å². The number of anilines is 1. The fraction of sp³-hybridized carbons (Fsp3) is 0.320. The molecule has 1 saturated heterocycles. The molecule has 9 heteroatoms. The quantitative estimate of drug-likeness (QED) is 0.357. The Kier molecular flexibility index (Phi) is 8.33. The van der Waals surface area contributed by atoms with Crippen LogP contribution in [0.2, 0.25) is 0 Å². The van der Waals surface area contributed by atoms with Crippen LogP contribution in [0.1, 0.15) is 38.3 Å². The Morgan fingerprint density at radius 1 is 1.24 bits per heavy atom. The van der Waals surface area contributed by atoms with Crippen molar-refractivity contribution in [1.82, 2.24) is 10.2 Å². The summed E-state index contributed by atoms with van der Waals surface area (Å²) in [7, 11) is 0. The van der Waals surface area contributed by atoms with Gasteiger partial charge in [-0.05, 0) is 84.6 Å². The van der Waals surface area contributed by atoms with Crippen LogP contribution < -0.4 is 20.1 Å². The maximum absolute atomic E-state index is 12.8. The van der Waals surface area contributed by atoms with Gasteiger partial charge in [0.1, 0.15) is 12.2 Å². The zero-order valence-electron chi connectivity index (χ0n) is 19.6. The lowest BCUT2D eigenvalue weighted by molar-refractivity contribution is -0.127. The Bertz CT molecular complexity index is 1130. The number of hydrogen-bond acceptors (Lipinski definition) is 5. The molecule has 4 amide bonds. The smallest absolute Gasteiger partial charge is 0.329 e. The Morgan fingerprint density at radius 3 is 2.68 bits per heavy atom. The molecule has 1 atom stereocenters. The summed E-state index contributed by atoms with van der Waals surface area (Å²) in [6.07, 6.45) is 2.37. The van der Waals surface area contributed by atoms with E-state index in [0.717, 1.165) is 16.9 Å². The predicted molar refractivity (Wildman–Crippen MR) is 134 cm³/mol. The Labute approximate surface area is 207 Å². The van der Waals surface area contributed by atoms with Gasteiger partial charge >= 0.3 is 6.03 Å². The van der Waals surface area contributed by atoms with Gasteiger partial charge in [-0.25, -0.2) is 9.69 Å². The van der Waals surface area contributed by atoms with Crippen LogP contribution in [-0.2, 0) is 9.59 Å². The lowest BCUT2D eigenvalue weighted by Gasteiger charge is -2.18. The van der Waals surface area contributed by atoms with E-state index in [9.17, 15) is 14.4 Å². The molecule has 1 aliphatic rings. The molecule has 0 aromatic heterocycles. The predicted octanol–water partition coefficient (Wildman–Crippen LogP) is 4.86. The van der Waals surface area contributed by atoms with Gasteiger partial charge in [0, 0.05) is 5.69 Å². The second-order valence-corrected chi connectivity index (χ2v) is 8.75. The molecule has 0 saturated carbocycles. The summed E-state index contributed by atoms with van der Waals surface area (Å²) >= 11 is 3.51. The minimum atomic E-state index is -0.656. The zero-order valence-corrected chi connectivity index (χ0v) is 21.2. The Balaban J connectivity index is 1.78. The van der Waals surface area contributed by atoms with Gasteiger partial charge in [0.2, 0.25) is 5.91 Å². The summed E-state index contributed by atoms with van der Waals surface area (Å²) in [5.41, 5.74) is 2.27. The lowest BCUT2D eigenvalue weighted by Crippen LogP contribution is -2.38. The Hall–Kier alpha value is -3.33. The minimum Gasteiger partial charge on any atom is -0.490 e. The number of rotatable bonds is 9. The Morgan fingerprint density at radius 2 is 2.00 bits per heavy atom. The molecular formula is C25H28BrN3O5. The van der Waals surface area contributed by atoms with Crippen LogP contribution >= 0.6 is 15.9 Å². The van der Waals surface area contributed by atoms with Crippen LogP contribution in [0.3, 0.4) is 0 Å². The first-order chi connectivity index (χ1) is 16.2. The first-order valence-electron chi connectivity index (χ1n) is 11.1. The molecule has 2 N–H and O–H groups in total. The standard InChI is InChI=1S/C25H28BrN3O5/c1-5-16(4)34-23-19(26)11-17(13-21(23)33-6-2)12-20-24(31)29(25(32)28-20)14-22(30)27-18-9-7-8-15(3)10-18/h7-13,16H,5-6,14H2,1-4H3,(H,27,30)(H,28,32)/b20-12+/t16-/m1/s1. The summed E-state index contributed by atoms with van der Waals surface area (Å²) in [6, 6.07) is 10.1. The summed E-state index contributed by atoms with van der Waals surface area (Å²) in [6.45, 7) is 7.80.